The lowest BCUT2D eigenvalue weighted by molar-refractivity contribution is 0.413. The van der Waals surface area contributed by atoms with E-state index in [9.17, 15) is 12.8 Å². The summed E-state index contributed by atoms with van der Waals surface area (Å²) in [7, 11) is -2.58. The molecule has 0 saturated heterocycles. The van der Waals surface area contributed by atoms with Gasteiger partial charge in [0.15, 0.2) is 0 Å². The minimum Gasteiger partial charge on any atom is -0.496 e. The highest BCUT2D eigenvalue weighted by atomic mass is 35.5. The van der Waals surface area contributed by atoms with E-state index < -0.39 is 15.8 Å². The summed E-state index contributed by atoms with van der Waals surface area (Å²) in [6.45, 7) is 0. The Hall–Kier alpha value is -3.20. The zero-order valence-corrected chi connectivity index (χ0v) is 17.9. The molecule has 0 aliphatic rings. The number of sulfonamides is 1. The molecule has 3 aromatic carbocycles. The van der Waals surface area contributed by atoms with E-state index in [1.165, 1.54) is 30.0 Å². The van der Waals surface area contributed by atoms with E-state index in [1.54, 1.807) is 54.6 Å². The molecule has 1 heterocycles. The van der Waals surface area contributed by atoms with Crippen LogP contribution in [-0.2, 0) is 10.0 Å². The molecule has 0 saturated carbocycles. The SMILES string of the molecule is COc1cc(F)ccc1-c1cc(-c2ccc(Cl)cc2)n(-c2ccccc2S(N)(=O)=O)n1. The number of nitrogens with two attached hydrogens (primary N) is 1. The number of primary sulfonamides is 1. The van der Waals surface area contributed by atoms with Gasteiger partial charge in [0.05, 0.1) is 24.2 Å². The van der Waals surface area contributed by atoms with Crippen molar-refractivity contribution in [2.24, 2.45) is 5.14 Å². The first-order valence-corrected chi connectivity index (χ1v) is 11.0. The summed E-state index contributed by atoms with van der Waals surface area (Å²) in [5.41, 5.74) is 2.63. The fourth-order valence-electron chi connectivity index (χ4n) is 3.27. The second-order valence-corrected chi connectivity index (χ2v) is 8.66. The Morgan fingerprint density at radius 2 is 1.74 bits per heavy atom. The number of methoxy groups -OCH3 is 1. The van der Waals surface area contributed by atoms with Crippen LogP contribution in [0.5, 0.6) is 5.75 Å². The number of benzene rings is 3. The monoisotopic (exact) mass is 457 g/mol. The van der Waals surface area contributed by atoms with Crippen LogP contribution >= 0.6 is 11.6 Å². The van der Waals surface area contributed by atoms with Gasteiger partial charge in [0.2, 0.25) is 10.0 Å². The van der Waals surface area contributed by atoms with Gasteiger partial charge >= 0.3 is 0 Å². The molecule has 2 N–H and O–H groups in total. The van der Waals surface area contributed by atoms with Crippen LogP contribution in [0, 0.1) is 5.82 Å². The van der Waals surface area contributed by atoms with Gasteiger partial charge in [-0.3, -0.25) is 0 Å². The van der Waals surface area contributed by atoms with Gasteiger partial charge in [0.25, 0.3) is 0 Å². The first-order valence-electron chi connectivity index (χ1n) is 9.10. The van der Waals surface area contributed by atoms with E-state index >= 15 is 0 Å². The van der Waals surface area contributed by atoms with Gasteiger partial charge in [-0.15, -0.1) is 0 Å². The van der Waals surface area contributed by atoms with Crippen molar-refractivity contribution in [3.05, 3.63) is 83.6 Å². The molecule has 9 heteroatoms. The standard InChI is InChI=1S/C22H17ClFN3O3S/c1-30-21-12-16(24)10-11-17(21)18-13-20(14-6-8-15(23)9-7-14)27(26-18)19-4-2-3-5-22(19)31(25,28)29/h2-13H,1H3,(H2,25,28,29). The Morgan fingerprint density at radius 1 is 1.03 bits per heavy atom. The molecule has 158 valence electrons. The summed E-state index contributed by atoms with van der Waals surface area (Å²) in [5.74, 6) is -0.149. The van der Waals surface area contributed by atoms with Gasteiger partial charge < -0.3 is 4.74 Å². The van der Waals surface area contributed by atoms with Crippen LogP contribution < -0.4 is 9.88 Å². The third-order valence-corrected chi connectivity index (χ3v) is 5.90. The second kappa shape index (κ2) is 8.14. The van der Waals surface area contributed by atoms with Crippen molar-refractivity contribution in [1.82, 2.24) is 9.78 Å². The first kappa shape index (κ1) is 21.0. The Bertz CT molecular complexity index is 1370. The second-order valence-electron chi connectivity index (χ2n) is 6.69. The van der Waals surface area contributed by atoms with Crippen LogP contribution in [0.2, 0.25) is 5.02 Å². The normalized spacial score (nSPS) is 11.5. The molecular weight excluding hydrogens is 441 g/mol. The predicted molar refractivity (Wildman–Crippen MR) is 117 cm³/mol. The maximum atomic E-state index is 13.7. The van der Waals surface area contributed by atoms with Crippen molar-refractivity contribution >= 4 is 21.6 Å². The average molecular weight is 458 g/mol. The van der Waals surface area contributed by atoms with Crippen LogP contribution in [-0.4, -0.2) is 25.3 Å². The number of para-hydroxylation sites is 1. The van der Waals surface area contributed by atoms with Gasteiger partial charge in [-0.2, -0.15) is 5.10 Å². The van der Waals surface area contributed by atoms with E-state index in [1.807, 2.05) is 0 Å². The van der Waals surface area contributed by atoms with Crippen molar-refractivity contribution in [2.45, 2.75) is 4.90 Å². The van der Waals surface area contributed by atoms with Crippen molar-refractivity contribution in [1.29, 1.82) is 0 Å². The number of halogens is 2. The summed E-state index contributed by atoms with van der Waals surface area (Å²) < 4.78 is 44.9. The molecule has 0 radical (unpaired) electrons. The highest BCUT2D eigenvalue weighted by Gasteiger charge is 2.21. The lowest BCUT2D eigenvalue weighted by Gasteiger charge is -2.11. The molecule has 0 aliphatic carbocycles. The number of rotatable bonds is 5. The van der Waals surface area contributed by atoms with Crippen LogP contribution in [0.15, 0.2) is 77.7 Å². The summed E-state index contributed by atoms with van der Waals surface area (Å²) in [6.07, 6.45) is 0. The number of ether oxygens (including phenoxy) is 1. The molecule has 31 heavy (non-hydrogen) atoms. The smallest absolute Gasteiger partial charge is 0.240 e. The van der Waals surface area contributed by atoms with E-state index in [4.69, 9.17) is 21.5 Å². The predicted octanol–water partition coefficient (Wildman–Crippen LogP) is 4.65. The molecule has 0 aliphatic heterocycles. The van der Waals surface area contributed by atoms with E-state index in [0.29, 0.717) is 27.7 Å². The van der Waals surface area contributed by atoms with E-state index in [2.05, 4.69) is 5.10 Å². The lowest BCUT2D eigenvalue weighted by Crippen LogP contribution is -2.16. The minimum atomic E-state index is -4.02. The summed E-state index contributed by atoms with van der Waals surface area (Å²) in [6, 6.07) is 19.2. The first-order chi connectivity index (χ1) is 14.8. The van der Waals surface area contributed by atoms with Crippen molar-refractivity contribution in [3.8, 4) is 34.0 Å². The van der Waals surface area contributed by atoms with Gasteiger partial charge in [-0.25, -0.2) is 22.6 Å². The molecular formula is C22H17ClFN3O3S. The highest BCUT2D eigenvalue weighted by Crippen LogP contribution is 2.35. The summed E-state index contributed by atoms with van der Waals surface area (Å²) in [5, 5.41) is 10.6. The lowest BCUT2D eigenvalue weighted by atomic mass is 10.1. The van der Waals surface area contributed by atoms with Crippen LogP contribution in [0.4, 0.5) is 4.39 Å². The zero-order chi connectivity index (χ0) is 22.2. The Kier molecular flexibility index (Phi) is 5.53. The van der Waals surface area contributed by atoms with Gasteiger partial charge in [0, 0.05) is 22.2 Å². The fraction of sp³-hybridized carbons (Fsp3) is 0.0455. The molecule has 0 amide bonds. The molecule has 0 bridgehead atoms. The maximum absolute atomic E-state index is 13.7. The van der Waals surface area contributed by atoms with Crippen LogP contribution in [0.1, 0.15) is 0 Å². The summed E-state index contributed by atoms with van der Waals surface area (Å²) in [4.78, 5) is -0.0778. The van der Waals surface area contributed by atoms with Crippen molar-refractivity contribution in [3.63, 3.8) is 0 Å². The largest absolute Gasteiger partial charge is 0.496 e. The number of aromatic nitrogens is 2. The van der Waals surface area contributed by atoms with Gasteiger partial charge in [0.1, 0.15) is 16.5 Å². The topological polar surface area (TPSA) is 87.2 Å². The number of nitrogens with zero attached hydrogens (tertiary/aromatic N) is 2. The molecule has 0 atom stereocenters. The summed E-state index contributed by atoms with van der Waals surface area (Å²) >= 11 is 6.03. The molecule has 6 nitrogen and oxygen atoms in total. The maximum Gasteiger partial charge on any atom is 0.240 e. The Morgan fingerprint density at radius 3 is 2.42 bits per heavy atom. The Labute approximate surface area is 183 Å². The number of hydrogen-bond acceptors (Lipinski definition) is 4. The quantitative estimate of drug-likeness (QED) is 0.472. The van der Waals surface area contributed by atoms with Gasteiger partial charge in [-0.1, -0.05) is 35.9 Å². The molecule has 0 unspecified atom stereocenters. The number of hydrogen-bond donors (Lipinski definition) is 1. The molecule has 4 aromatic rings. The molecule has 0 spiro atoms. The third kappa shape index (κ3) is 4.18. The van der Waals surface area contributed by atoms with Crippen molar-refractivity contribution < 1.29 is 17.5 Å². The zero-order valence-electron chi connectivity index (χ0n) is 16.3. The molecule has 1 aromatic heterocycles. The van der Waals surface area contributed by atoms with Crippen LogP contribution in [0.25, 0.3) is 28.2 Å². The molecule has 4 rings (SSSR count). The van der Waals surface area contributed by atoms with Crippen LogP contribution in [0.3, 0.4) is 0 Å². The van der Waals surface area contributed by atoms with Gasteiger partial charge in [-0.05, 0) is 42.5 Å². The van der Waals surface area contributed by atoms with Crippen molar-refractivity contribution in [2.75, 3.05) is 7.11 Å². The van der Waals surface area contributed by atoms with E-state index in [-0.39, 0.29) is 10.6 Å². The third-order valence-electron chi connectivity index (χ3n) is 4.69. The van der Waals surface area contributed by atoms with E-state index in [0.717, 1.165) is 5.56 Å². The average Bonchev–Trinajstić information content (AvgIpc) is 3.18. The molecule has 0 fully saturated rings. The Balaban J connectivity index is 2.01. The minimum absolute atomic E-state index is 0.0778. The fourth-order valence-corrected chi connectivity index (χ4v) is 4.11. The highest BCUT2D eigenvalue weighted by molar-refractivity contribution is 7.89.